The molecular weight excluding hydrogens is 282 g/mol. The average Bonchev–Trinajstić information content (AvgIpc) is 2.95. The first-order valence-electron chi connectivity index (χ1n) is 6.66. The van der Waals surface area contributed by atoms with Gasteiger partial charge in [0.05, 0.1) is 11.0 Å². The summed E-state index contributed by atoms with van der Waals surface area (Å²) in [6.07, 6.45) is 0.479. The molecule has 2 aromatic rings. The van der Waals surface area contributed by atoms with E-state index in [9.17, 15) is 13.6 Å². The van der Waals surface area contributed by atoms with Gasteiger partial charge >= 0.3 is 5.97 Å². The third-order valence-corrected chi connectivity index (χ3v) is 3.76. The van der Waals surface area contributed by atoms with Gasteiger partial charge in [-0.2, -0.15) is 0 Å². The number of hydrogen-bond acceptors (Lipinski definition) is 3. The summed E-state index contributed by atoms with van der Waals surface area (Å²) in [5.41, 5.74) is 0.488. The first-order valence-corrected chi connectivity index (χ1v) is 6.66. The van der Waals surface area contributed by atoms with E-state index in [-0.39, 0.29) is 29.6 Å². The van der Waals surface area contributed by atoms with Crippen molar-refractivity contribution in [2.75, 3.05) is 6.61 Å². The van der Waals surface area contributed by atoms with E-state index in [1.54, 1.807) is 0 Å². The Kier molecular flexibility index (Phi) is 3.36. The van der Waals surface area contributed by atoms with E-state index in [2.05, 4.69) is 4.98 Å². The lowest BCUT2D eigenvalue weighted by Gasteiger charge is -2.15. The Morgan fingerprint density at radius 1 is 1.48 bits per heavy atom. The van der Waals surface area contributed by atoms with E-state index in [0.717, 1.165) is 18.6 Å². The SMILES string of the molecule is CC1CCOC1c1nc2cc(F)c(F)cc2n1CC(=O)O. The number of benzene rings is 1. The van der Waals surface area contributed by atoms with Gasteiger partial charge in [0.25, 0.3) is 0 Å². The van der Waals surface area contributed by atoms with Gasteiger partial charge in [0.1, 0.15) is 18.5 Å². The Morgan fingerprint density at radius 3 is 2.81 bits per heavy atom. The summed E-state index contributed by atoms with van der Waals surface area (Å²) in [6, 6.07) is 1.95. The summed E-state index contributed by atoms with van der Waals surface area (Å²) in [5.74, 6) is -2.53. The predicted molar refractivity (Wildman–Crippen MR) is 69.8 cm³/mol. The number of carboxylic acid groups (broad SMARTS) is 1. The summed E-state index contributed by atoms with van der Waals surface area (Å²) in [7, 11) is 0. The Labute approximate surface area is 119 Å². The van der Waals surface area contributed by atoms with E-state index >= 15 is 0 Å². The van der Waals surface area contributed by atoms with Crippen LogP contribution in [0.25, 0.3) is 11.0 Å². The minimum absolute atomic E-state index is 0.170. The molecule has 0 bridgehead atoms. The number of aliphatic carboxylic acids is 1. The molecule has 1 aromatic carbocycles. The van der Waals surface area contributed by atoms with Crippen molar-refractivity contribution in [1.29, 1.82) is 0 Å². The van der Waals surface area contributed by atoms with Crippen LogP contribution in [0, 0.1) is 17.6 Å². The highest BCUT2D eigenvalue weighted by Gasteiger charge is 2.31. The first kappa shape index (κ1) is 13.9. The highest BCUT2D eigenvalue weighted by atomic mass is 19.2. The van der Waals surface area contributed by atoms with Crippen LogP contribution < -0.4 is 0 Å². The summed E-state index contributed by atoms with van der Waals surface area (Å²) in [5, 5.41) is 9.04. The zero-order valence-electron chi connectivity index (χ0n) is 11.3. The normalized spacial score (nSPS) is 22.0. The molecule has 2 heterocycles. The zero-order valence-corrected chi connectivity index (χ0v) is 11.3. The number of ether oxygens (including phenoxy) is 1. The van der Waals surface area contributed by atoms with Gasteiger partial charge in [-0.1, -0.05) is 6.92 Å². The van der Waals surface area contributed by atoms with E-state index in [1.807, 2.05) is 6.92 Å². The van der Waals surface area contributed by atoms with Crippen LogP contribution >= 0.6 is 0 Å². The number of carbonyl (C=O) groups is 1. The molecule has 7 heteroatoms. The summed E-state index contributed by atoms with van der Waals surface area (Å²) >= 11 is 0. The molecule has 1 aliphatic rings. The van der Waals surface area contributed by atoms with Gasteiger partial charge in [-0.25, -0.2) is 13.8 Å². The molecule has 0 saturated carbocycles. The molecule has 1 aromatic heterocycles. The lowest BCUT2D eigenvalue weighted by Crippen LogP contribution is -2.16. The van der Waals surface area contributed by atoms with Crippen molar-refractivity contribution in [2.45, 2.75) is 26.0 Å². The van der Waals surface area contributed by atoms with E-state index < -0.39 is 17.6 Å². The second-order valence-corrected chi connectivity index (χ2v) is 5.26. The van der Waals surface area contributed by atoms with Crippen LogP contribution in [-0.2, 0) is 16.1 Å². The van der Waals surface area contributed by atoms with Crippen molar-refractivity contribution in [3.05, 3.63) is 29.6 Å². The van der Waals surface area contributed by atoms with Crippen LogP contribution in [0.5, 0.6) is 0 Å². The number of fused-ring (bicyclic) bond motifs is 1. The first-order chi connectivity index (χ1) is 9.97. The summed E-state index contributed by atoms with van der Waals surface area (Å²) < 4.78 is 33.8. The fourth-order valence-corrected chi connectivity index (χ4v) is 2.68. The van der Waals surface area contributed by atoms with Crippen molar-refractivity contribution in [1.82, 2.24) is 9.55 Å². The van der Waals surface area contributed by atoms with E-state index in [1.165, 1.54) is 4.57 Å². The van der Waals surface area contributed by atoms with Gasteiger partial charge in [-0.3, -0.25) is 4.79 Å². The van der Waals surface area contributed by atoms with Gasteiger partial charge in [-0.15, -0.1) is 0 Å². The fraction of sp³-hybridized carbons (Fsp3) is 0.429. The molecule has 1 aliphatic heterocycles. The minimum Gasteiger partial charge on any atom is -0.480 e. The molecule has 3 rings (SSSR count). The number of nitrogens with zero attached hydrogens (tertiary/aromatic N) is 2. The summed E-state index contributed by atoms with van der Waals surface area (Å²) in [6.45, 7) is 2.16. The third-order valence-electron chi connectivity index (χ3n) is 3.76. The number of hydrogen-bond donors (Lipinski definition) is 1. The number of rotatable bonds is 3. The molecule has 5 nitrogen and oxygen atoms in total. The molecular formula is C14H14F2N2O3. The maximum Gasteiger partial charge on any atom is 0.323 e. The van der Waals surface area contributed by atoms with Crippen LogP contribution in [-0.4, -0.2) is 27.2 Å². The Balaban J connectivity index is 2.19. The zero-order chi connectivity index (χ0) is 15.1. The van der Waals surface area contributed by atoms with Gasteiger partial charge < -0.3 is 14.4 Å². The lowest BCUT2D eigenvalue weighted by molar-refractivity contribution is -0.137. The second kappa shape index (κ2) is 5.07. The van der Waals surface area contributed by atoms with Gasteiger partial charge in [0, 0.05) is 18.7 Å². The van der Waals surface area contributed by atoms with Crippen LogP contribution in [0.3, 0.4) is 0 Å². The molecule has 112 valence electrons. The predicted octanol–water partition coefficient (Wildman–Crippen LogP) is 2.50. The highest BCUT2D eigenvalue weighted by molar-refractivity contribution is 5.78. The van der Waals surface area contributed by atoms with Crippen LogP contribution in [0.15, 0.2) is 12.1 Å². The molecule has 21 heavy (non-hydrogen) atoms. The van der Waals surface area contributed by atoms with E-state index in [0.29, 0.717) is 12.4 Å². The van der Waals surface area contributed by atoms with Gasteiger partial charge in [0.15, 0.2) is 11.6 Å². The molecule has 1 fully saturated rings. The quantitative estimate of drug-likeness (QED) is 0.945. The molecule has 2 atom stereocenters. The minimum atomic E-state index is -1.08. The molecule has 0 amide bonds. The number of halogens is 2. The molecule has 0 spiro atoms. The van der Waals surface area contributed by atoms with E-state index in [4.69, 9.17) is 9.84 Å². The van der Waals surface area contributed by atoms with Crippen molar-refractivity contribution >= 4 is 17.0 Å². The molecule has 1 saturated heterocycles. The van der Waals surface area contributed by atoms with Gasteiger partial charge in [0.2, 0.25) is 0 Å². The number of aromatic nitrogens is 2. The fourth-order valence-electron chi connectivity index (χ4n) is 2.68. The molecule has 0 aliphatic carbocycles. The van der Waals surface area contributed by atoms with Crippen molar-refractivity contribution < 1.29 is 23.4 Å². The van der Waals surface area contributed by atoms with Crippen molar-refractivity contribution in [3.8, 4) is 0 Å². The summed E-state index contributed by atoms with van der Waals surface area (Å²) in [4.78, 5) is 15.3. The Morgan fingerprint density at radius 2 is 2.19 bits per heavy atom. The van der Waals surface area contributed by atoms with Crippen LogP contribution in [0.2, 0.25) is 0 Å². The molecule has 1 N–H and O–H groups in total. The largest absolute Gasteiger partial charge is 0.480 e. The maximum absolute atomic E-state index is 13.4. The van der Waals surface area contributed by atoms with Crippen LogP contribution in [0.4, 0.5) is 8.78 Å². The third kappa shape index (κ3) is 2.37. The smallest absolute Gasteiger partial charge is 0.323 e. The average molecular weight is 296 g/mol. The van der Waals surface area contributed by atoms with Gasteiger partial charge in [-0.05, 0) is 12.3 Å². The monoisotopic (exact) mass is 296 g/mol. The van der Waals surface area contributed by atoms with Crippen molar-refractivity contribution in [2.24, 2.45) is 5.92 Å². The number of imidazole rings is 1. The Hall–Kier alpha value is -2.02. The second-order valence-electron chi connectivity index (χ2n) is 5.26. The van der Waals surface area contributed by atoms with Crippen molar-refractivity contribution in [3.63, 3.8) is 0 Å². The molecule has 2 unspecified atom stereocenters. The Bertz CT molecular complexity index is 714. The maximum atomic E-state index is 13.4. The van der Waals surface area contributed by atoms with Crippen LogP contribution in [0.1, 0.15) is 25.3 Å². The topological polar surface area (TPSA) is 64.4 Å². The lowest BCUT2D eigenvalue weighted by atomic mass is 10.0. The highest BCUT2D eigenvalue weighted by Crippen LogP contribution is 2.35. The molecule has 0 radical (unpaired) electrons. The number of carboxylic acids is 1. The standard InChI is InChI=1S/C14H14F2N2O3/c1-7-2-3-21-13(7)14-17-10-4-8(15)9(16)5-11(10)18(14)6-12(19)20/h4-5,7,13H,2-3,6H2,1H3,(H,19,20).